The van der Waals surface area contributed by atoms with E-state index >= 15 is 9.59 Å². The molecule has 1 aromatic heterocycles. The summed E-state index contributed by atoms with van der Waals surface area (Å²) in [6, 6.07) is 18.0. The van der Waals surface area contributed by atoms with Gasteiger partial charge < -0.3 is 46.2 Å². The molecule has 7 rings (SSSR count). The Bertz CT molecular complexity index is 2640. The molecule has 17 nitrogen and oxygen atoms in total. The highest BCUT2D eigenvalue weighted by Crippen LogP contribution is 2.38. The highest BCUT2D eigenvalue weighted by atomic mass is 16.5. The number of aromatic nitrogens is 2. The maximum absolute atomic E-state index is 15.1. The van der Waals surface area contributed by atoms with Crippen LogP contribution in [0.3, 0.4) is 0 Å². The molecule has 3 aliphatic rings. The van der Waals surface area contributed by atoms with Gasteiger partial charge in [0.25, 0.3) is 0 Å². The molecule has 1 fully saturated rings. The highest BCUT2D eigenvalue weighted by molar-refractivity contribution is 5.95. The van der Waals surface area contributed by atoms with Gasteiger partial charge in [0, 0.05) is 38.8 Å². The molecule has 17 heteroatoms. The van der Waals surface area contributed by atoms with Crippen molar-refractivity contribution in [2.24, 2.45) is 10.8 Å². The average Bonchev–Trinajstić information content (AvgIpc) is 4.02. The fourth-order valence-corrected chi connectivity index (χ4v) is 10.3. The molecule has 6 N–H and O–H groups in total. The summed E-state index contributed by atoms with van der Waals surface area (Å²) in [5, 5.41) is 22.6. The summed E-state index contributed by atoms with van der Waals surface area (Å²) in [7, 11) is 3.36. The lowest BCUT2D eigenvalue weighted by Crippen LogP contribution is -2.62. The minimum absolute atomic E-state index is 0.0811. The number of hydrogen-bond acceptors (Lipinski definition) is 11. The van der Waals surface area contributed by atoms with Gasteiger partial charge in [-0.05, 0) is 97.8 Å². The number of carbonyl (C=O) groups is 6. The number of nitrogens with one attached hydrogen (secondary N) is 6. The zero-order chi connectivity index (χ0) is 52.9. The number of amides is 6. The Balaban J connectivity index is 1.24. The molecular formula is C56H76N10O7. The van der Waals surface area contributed by atoms with E-state index in [2.05, 4.69) is 54.2 Å². The summed E-state index contributed by atoms with van der Waals surface area (Å²) in [6.07, 6.45) is 3.46. The smallest absolute Gasteiger partial charge is 0.246 e. The van der Waals surface area contributed by atoms with E-state index in [4.69, 9.17) is 4.52 Å². The third kappa shape index (κ3) is 12.7. The Hall–Kier alpha value is -6.46. The number of likely N-dealkylation sites (N-methyl/N-ethyl adjacent to an activating group) is 2. The predicted octanol–water partition coefficient (Wildman–Crippen LogP) is 4.89. The average molecular weight is 1000 g/mol. The Labute approximate surface area is 430 Å². The lowest BCUT2D eigenvalue weighted by molar-refractivity contribution is -0.147. The lowest BCUT2D eigenvalue weighted by Gasteiger charge is -2.42. The van der Waals surface area contributed by atoms with Gasteiger partial charge in [0.1, 0.15) is 24.2 Å². The van der Waals surface area contributed by atoms with Gasteiger partial charge in [-0.3, -0.25) is 28.8 Å². The zero-order valence-electron chi connectivity index (χ0n) is 44.4. The van der Waals surface area contributed by atoms with Crippen molar-refractivity contribution in [1.29, 1.82) is 0 Å². The standard InChI is InChI=1S/C56H76N10O7/c1-32(57-10)49(67)62-46(55(4,5)6)53(71)65-30-39-27-37(24-25-38(39)28-44(65)51(69)60-42-23-17-21-36-20-15-16-22-41(36)42)40-29-45(66(31-40)54(72)47(56(7,8)9)63-50(68)33(2)58-11)52(70)61-43(48-59-34(3)73-64-48)26-35-18-13-12-14-19-35/h12-16,18-20,22,24-25,27,32-33,40,42-47,57-58H,17,21,23,26,28-31H2,1-11H3,(H,60,69)(H,61,70)(H,62,67)(H,63,68)/t32-,33-,40-,42+,43-,44-,45-,46+,47+/m0/s1. The second-order valence-electron chi connectivity index (χ2n) is 22.4. The van der Waals surface area contributed by atoms with Crippen molar-refractivity contribution in [2.45, 2.75) is 162 Å². The molecule has 6 amide bonds. The van der Waals surface area contributed by atoms with Gasteiger partial charge in [0.05, 0.1) is 24.2 Å². The van der Waals surface area contributed by atoms with Crippen LogP contribution >= 0.6 is 0 Å². The molecule has 0 unspecified atom stereocenters. The molecule has 0 saturated carbocycles. The van der Waals surface area contributed by atoms with Crippen molar-refractivity contribution in [2.75, 3.05) is 20.6 Å². The van der Waals surface area contributed by atoms with Gasteiger partial charge in [-0.2, -0.15) is 4.98 Å². The van der Waals surface area contributed by atoms with Crippen LogP contribution in [0.25, 0.3) is 0 Å². The van der Waals surface area contributed by atoms with Crippen LogP contribution in [0.1, 0.15) is 138 Å². The van der Waals surface area contributed by atoms with Gasteiger partial charge >= 0.3 is 0 Å². The number of fused-ring (bicyclic) bond motifs is 2. The maximum atomic E-state index is 15.1. The number of nitrogens with zero attached hydrogens (tertiary/aromatic N) is 4. The summed E-state index contributed by atoms with van der Waals surface area (Å²) < 4.78 is 5.36. The van der Waals surface area contributed by atoms with Crippen LogP contribution in [0.5, 0.6) is 0 Å². The monoisotopic (exact) mass is 1000 g/mol. The normalized spacial score (nSPS) is 20.9. The second-order valence-corrected chi connectivity index (χ2v) is 22.4. The third-order valence-electron chi connectivity index (χ3n) is 14.9. The van der Waals surface area contributed by atoms with Crippen LogP contribution in [0.4, 0.5) is 0 Å². The van der Waals surface area contributed by atoms with E-state index in [0.717, 1.165) is 47.1 Å². The van der Waals surface area contributed by atoms with Gasteiger partial charge in [0.15, 0.2) is 5.82 Å². The van der Waals surface area contributed by atoms with Crippen LogP contribution in [0.2, 0.25) is 0 Å². The van der Waals surface area contributed by atoms with Gasteiger partial charge in [-0.1, -0.05) is 119 Å². The van der Waals surface area contributed by atoms with E-state index in [-0.39, 0.29) is 61.5 Å². The van der Waals surface area contributed by atoms with Crippen molar-refractivity contribution in [1.82, 2.24) is 51.8 Å². The highest BCUT2D eigenvalue weighted by Gasteiger charge is 2.47. The number of hydrogen-bond donors (Lipinski definition) is 6. The van der Waals surface area contributed by atoms with Gasteiger partial charge in [-0.25, -0.2) is 0 Å². The zero-order valence-corrected chi connectivity index (χ0v) is 44.4. The third-order valence-corrected chi connectivity index (χ3v) is 14.9. The fraction of sp³-hybridized carbons (Fsp3) is 0.536. The maximum Gasteiger partial charge on any atom is 0.246 e. The molecule has 1 saturated heterocycles. The number of benzene rings is 3. The minimum atomic E-state index is -0.981. The first-order valence-corrected chi connectivity index (χ1v) is 25.8. The van der Waals surface area contributed by atoms with Crippen LogP contribution in [0, 0.1) is 17.8 Å². The number of carbonyl (C=O) groups excluding carboxylic acids is 6. The number of rotatable bonds is 16. The molecule has 2 aliphatic heterocycles. The molecule has 3 heterocycles. The van der Waals surface area contributed by atoms with Crippen LogP contribution in [0.15, 0.2) is 77.3 Å². The molecule has 9 atom stereocenters. The van der Waals surface area contributed by atoms with Crippen molar-refractivity contribution in [3.63, 3.8) is 0 Å². The van der Waals surface area contributed by atoms with Crippen molar-refractivity contribution >= 4 is 35.4 Å². The van der Waals surface area contributed by atoms with Crippen molar-refractivity contribution in [3.8, 4) is 0 Å². The van der Waals surface area contributed by atoms with E-state index in [1.54, 1.807) is 44.7 Å². The van der Waals surface area contributed by atoms with Crippen molar-refractivity contribution < 1.29 is 33.3 Å². The topological polar surface area (TPSA) is 220 Å². The second kappa shape index (κ2) is 22.8. The van der Waals surface area contributed by atoms with E-state index in [1.807, 2.05) is 102 Å². The first-order chi connectivity index (χ1) is 34.6. The first kappa shape index (κ1) is 54.3. The van der Waals surface area contributed by atoms with Crippen LogP contribution in [-0.4, -0.2) is 112 Å². The van der Waals surface area contributed by atoms with Crippen molar-refractivity contribution in [3.05, 3.63) is 118 Å². The summed E-state index contributed by atoms with van der Waals surface area (Å²) in [4.78, 5) is 94.4. The fourth-order valence-electron chi connectivity index (χ4n) is 10.3. The molecule has 1 aliphatic carbocycles. The summed E-state index contributed by atoms with van der Waals surface area (Å²) in [5.74, 6) is -1.83. The molecule has 392 valence electrons. The van der Waals surface area contributed by atoms with E-state index in [0.29, 0.717) is 18.1 Å². The minimum Gasteiger partial charge on any atom is -0.347 e. The lowest BCUT2D eigenvalue weighted by atomic mass is 9.83. The van der Waals surface area contributed by atoms with Crippen LogP contribution in [-0.2, 0) is 54.6 Å². The largest absolute Gasteiger partial charge is 0.347 e. The molecule has 4 aromatic rings. The summed E-state index contributed by atoms with van der Waals surface area (Å²) >= 11 is 0. The molecule has 73 heavy (non-hydrogen) atoms. The molecular weight excluding hydrogens is 925 g/mol. The van der Waals surface area contributed by atoms with Gasteiger partial charge in [-0.15, -0.1) is 0 Å². The quantitative estimate of drug-likeness (QED) is 0.0888. The van der Waals surface area contributed by atoms with E-state index in [9.17, 15) is 19.2 Å². The number of likely N-dealkylation sites (tertiary alicyclic amines) is 1. The van der Waals surface area contributed by atoms with Gasteiger partial charge in [0.2, 0.25) is 41.3 Å². The Morgan fingerprint density at radius 2 is 1.34 bits per heavy atom. The molecule has 0 bridgehead atoms. The molecule has 0 spiro atoms. The predicted molar refractivity (Wildman–Crippen MR) is 277 cm³/mol. The summed E-state index contributed by atoms with van der Waals surface area (Å²) in [6.45, 7) is 16.7. The SMILES string of the molecule is CN[C@@H](C)C(=O)N[C@H](C(=O)N1C[C@@H](c2ccc3c(c2)CN(C(=O)[C@@H](NC(=O)[C@H](C)NC)C(C)(C)C)[C@H](C(=O)N[C@@H]2CCCc4ccccc42)C3)C[C@H]1C(=O)N[C@@H](Cc1ccccc1)c1noc(C)n1)C(C)(C)C. The number of aryl methyl sites for hydroxylation is 2. The van der Waals surface area contributed by atoms with Crippen LogP contribution < -0.4 is 31.9 Å². The molecule has 0 radical (unpaired) electrons. The Morgan fingerprint density at radius 1 is 0.726 bits per heavy atom. The van der Waals surface area contributed by atoms with E-state index < -0.39 is 64.9 Å². The first-order valence-electron chi connectivity index (χ1n) is 25.8. The summed E-state index contributed by atoms with van der Waals surface area (Å²) in [5.41, 5.74) is 4.32. The Morgan fingerprint density at radius 3 is 1.95 bits per heavy atom. The molecule has 3 aromatic carbocycles. The van der Waals surface area contributed by atoms with E-state index in [1.165, 1.54) is 5.56 Å². The Kier molecular flexibility index (Phi) is 16.9.